The highest BCUT2D eigenvalue weighted by atomic mass is 79.9. The van der Waals surface area contributed by atoms with E-state index >= 15 is 0 Å². The number of carbonyl (C=O) groups excluding carboxylic acids is 1. The maximum atomic E-state index is 14.4. The fourth-order valence-electron chi connectivity index (χ4n) is 4.62. The number of hydrogen-bond acceptors (Lipinski definition) is 8. The predicted molar refractivity (Wildman–Crippen MR) is 164 cm³/mol. The molecule has 0 saturated carbocycles. The number of phosphoric ester groups is 1. The molecule has 0 bridgehead atoms. The molecule has 11 heteroatoms. The number of benzene rings is 2. The van der Waals surface area contributed by atoms with Crippen LogP contribution in [-0.2, 0) is 41.8 Å². The van der Waals surface area contributed by atoms with E-state index in [0.717, 1.165) is 11.1 Å². The Hall–Kier alpha value is -3.14. The first-order chi connectivity index (χ1) is 20.0. The first-order valence-electron chi connectivity index (χ1n) is 13.6. The minimum absolute atomic E-state index is 0.0164. The molecule has 9 nitrogen and oxygen atoms in total. The molecule has 2 aromatic carbocycles. The van der Waals surface area contributed by atoms with Crippen molar-refractivity contribution in [2.24, 2.45) is 5.92 Å². The smallest absolute Gasteiger partial charge is 0.462 e. The monoisotopic (exact) mass is 656 g/mol. The van der Waals surface area contributed by atoms with Crippen molar-refractivity contribution in [3.63, 3.8) is 0 Å². The third kappa shape index (κ3) is 7.82. The van der Waals surface area contributed by atoms with E-state index in [-0.39, 0.29) is 42.3 Å². The van der Waals surface area contributed by atoms with Gasteiger partial charge >= 0.3 is 13.8 Å². The summed E-state index contributed by atoms with van der Waals surface area (Å²) >= 11 is 3.37. The van der Waals surface area contributed by atoms with Crippen LogP contribution >= 0.6 is 23.8 Å². The summed E-state index contributed by atoms with van der Waals surface area (Å²) in [7, 11) is -4.30. The number of rotatable bonds is 13. The second-order valence-corrected chi connectivity index (χ2v) is 12.8. The molecule has 42 heavy (non-hydrogen) atoms. The number of fused-ring (bicyclic) bond motifs is 1. The highest BCUT2D eigenvalue weighted by Gasteiger charge is 2.41. The van der Waals surface area contributed by atoms with Crippen LogP contribution < -0.4 is 5.43 Å². The van der Waals surface area contributed by atoms with Gasteiger partial charge in [-0.1, -0.05) is 74.5 Å². The number of halogens is 1. The number of phosphoric acid groups is 1. The van der Waals surface area contributed by atoms with Crippen LogP contribution in [0, 0.1) is 5.92 Å². The Morgan fingerprint density at radius 2 is 1.60 bits per heavy atom. The average Bonchev–Trinajstić information content (AvgIpc) is 2.96. The topological polar surface area (TPSA) is 106 Å². The highest BCUT2D eigenvalue weighted by Crippen LogP contribution is 2.56. The van der Waals surface area contributed by atoms with Gasteiger partial charge in [0.1, 0.15) is 11.2 Å². The highest BCUT2D eigenvalue weighted by molar-refractivity contribution is 9.10. The Balaban J connectivity index is 1.84. The molecule has 0 unspecified atom stereocenters. The Labute approximate surface area is 253 Å². The maximum absolute atomic E-state index is 14.4. The molecular formula is C31H34BrN2O7P. The Bertz CT molecular complexity index is 1580. The van der Waals surface area contributed by atoms with Crippen LogP contribution in [0.3, 0.4) is 0 Å². The van der Waals surface area contributed by atoms with Gasteiger partial charge in [0.05, 0.1) is 25.2 Å². The predicted octanol–water partition coefficient (Wildman–Crippen LogP) is 7.61. The third-order valence-electron chi connectivity index (χ3n) is 6.37. The van der Waals surface area contributed by atoms with Crippen LogP contribution in [0.5, 0.6) is 0 Å². The van der Waals surface area contributed by atoms with Gasteiger partial charge in [-0.3, -0.25) is 18.4 Å². The second-order valence-electron chi connectivity index (χ2n) is 10.3. The van der Waals surface area contributed by atoms with Crippen molar-refractivity contribution in [2.75, 3.05) is 6.61 Å². The SMILES string of the molecule is CCOC(=O)c1cn([C@](C)(CC(C)C)OP(=O)(OCc2ccccc2)OCc2ccccc2)c2ncc(Br)cc2c1=O. The summed E-state index contributed by atoms with van der Waals surface area (Å²) < 4.78 is 40.0. The quantitative estimate of drug-likeness (QED) is 0.107. The van der Waals surface area contributed by atoms with E-state index in [1.807, 2.05) is 74.5 Å². The molecular weight excluding hydrogens is 623 g/mol. The number of hydrogen-bond donors (Lipinski definition) is 0. The maximum Gasteiger partial charge on any atom is 0.477 e. The lowest BCUT2D eigenvalue weighted by atomic mass is 10.0. The van der Waals surface area contributed by atoms with E-state index in [1.165, 1.54) is 12.4 Å². The van der Waals surface area contributed by atoms with Crippen molar-refractivity contribution in [1.29, 1.82) is 0 Å². The zero-order valence-corrected chi connectivity index (χ0v) is 26.5. The largest absolute Gasteiger partial charge is 0.477 e. The summed E-state index contributed by atoms with van der Waals surface area (Å²) in [5.41, 5.74) is -0.389. The zero-order chi connectivity index (χ0) is 30.3. The van der Waals surface area contributed by atoms with Gasteiger partial charge in [-0.15, -0.1) is 0 Å². The van der Waals surface area contributed by atoms with E-state index in [1.54, 1.807) is 24.5 Å². The lowest BCUT2D eigenvalue weighted by Gasteiger charge is -2.37. The number of aromatic nitrogens is 2. The molecule has 0 aliphatic carbocycles. The van der Waals surface area contributed by atoms with Gasteiger partial charge < -0.3 is 9.30 Å². The first kappa shape index (κ1) is 31.8. The van der Waals surface area contributed by atoms with Crippen LogP contribution in [-0.4, -0.2) is 22.1 Å². The Morgan fingerprint density at radius 3 is 2.12 bits per heavy atom. The molecule has 2 heterocycles. The standard InChI is InChI=1S/C31H34BrN2O7P/c1-5-38-30(36)27-19-34(29-26(28(27)35)16-25(32)18-33-29)31(4,17-22(2)3)41-42(37,39-20-23-12-8-6-9-13-23)40-21-24-14-10-7-11-15-24/h6-16,18-19,22H,5,17,20-21H2,1-4H3/t31-/m0/s1. The molecule has 2 aromatic heterocycles. The summed E-state index contributed by atoms with van der Waals surface area (Å²) in [6.07, 6.45) is 3.19. The first-order valence-corrected chi connectivity index (χ1v) is 15.8. The summed E-state index contributed by atoms with van der Waals surface area (Å²) in [4.78, 5) is 30.8. The normalized spacial score (nSPS) is 13.3. The van der Waals surface area contributed by atoms with Crippen molar-refractivity contribution in [3.8, 4) is 0 Å². The Morgan fingerprint density at radius 1 is 1.02 bits per heavy atom. The minimum Gasteiger partial charge on any atom is -0.462 e. The van der Waals surface area contributed by atoms with E-state index in [9.17, 15) is 14.2 Å². The van der Waals surface area contributed by atoms with Crippen molar-refractivity contribution in [3.05, 3.63) is 111 Å². The van der Waals surface area contributed by atoms with Crippen LogP contribution in [0.1, 0.15) is 55.6 Å². The van der Waals surface area contributed by atoms with E-state index in [2.05, 4.69) is 20.9 Å². The van der Waals surface area contributed by atoms with E-state index < -0.39 is 24.9 Å². The van der Waals surface area contributed by atoms with Crippen molar-refractivity contribution >= 4 is 40.8 Å². The molecule has 0 aliphatic heterocycles. The fourth-order valence-corrected chi connectivity index (χ4v) is 6.39. The van der Waals surface area contributed by atoms with Gasteiger partial charge in [-0.05, 0) is 59.3 Å². The van der Waals surface area contributed by atoms with E-state index in [4.69, 9.17) is 18.3 Å². The molecule has 4 aromatic rings. The van der Waals surface area contributed by atoms with Gasteiger partial charge in [0, 0.05) is 16.9 Å². The van der Waals surface area contributed by atoms with Crippen molar-refractivity contribution < 1.29 is 27.7 Å². The Kier molecular flexibility index (Phi) is 10.5. The number of nitrogens with zero attached hydrogens (tertiary/aromatic N) is 2. The molecule has 0 aliphatic rings. The van der Waals surface area contributed by atoms with Gasteiger partial charge in [0.2, 0.25) is 5.43 Å². The molecule has 222 valence electrons. The lowest BCUT2D eigenvalue weighted by molar-refractivity contribution is -0.0487. The molecule has 0 radical (unpaired) electrons. The molecule has 4 rings (SSSR count). The van der Waals surface area contributed by atoms with Gasteiger partial charge in [0.25, 0.3) is 0 Å². The molecule has 0 saturated heterocycles. The molecule has 0 fully saturated rings. The van der Waals surface area contributed by atoms with Crippen molar-refractivity contribution in [2.45, 2.75) is 53.1 Å². The fraction of sp³-hybridized carbons (Fsp3) is 0.323. The van der Waals surface area contributed by atoms with Crippen LogP contribution in [0.25, 0.3) is 11.0 Å². The number of carbonyl (C=O) groups is 1. The minimum atomic E-state index is -4.30. The summed E-state index contributed by atoms with van der Waals surface area (Å²) in [5, 5.41) is 0.166. The average molecular weight is 657 g/mol. The van der Waals surface area contributed by atoms with Crippen LogP contribution in [0.4, 0.5) is 0 Å². The second kappa shape index (κ2) is 13.9. The molecule has 1 atom stereocenters. The molecule has 0 spiro atoms. The van der Waals surface area contributed by atoms with Crippen LogP contribution in [0.2, 0.25) is 0 Å². The number of pyridine rings is 2. The number of esters is 1. The lowest BCUT2D eigenvalue weighted by Crippen LogP contribution is -2.37. The summed E-state index contributed by atoms with van der Waals surface area (Å²) in [6.45, 7) is 7.34. The molecule has 0 N–H and O–H groups in total. The zero-order valence-electron chi connectivity index (χ0n) is 24.0. The summed E-state index contributed by atoms with van der Waals surface area (Å²) in [6, 6.07) is 20.1. The summed E-state index contributed by atoms with van der Waals surface area (Å²) in [5.74, 6) is -0.767. The molecule has 0 amide bonds. The van der Waals surface area contributed by atoms with Crippen LogP contribution in [0.15, 0.2) is 88.4 Å². The van der Waals surface area contributed by atoms with Gasteiger partial charge in [-0.2, -0.15) is 0 Å². The van der Waals surface area contributed by atoms with Gasteiger partial charge in [-0.25, -0.2) is 14.3 Å². The third-order valence-corrected chi connectivity index (χ3v) is 8.31. The van der Waals surface area contributed by atoms with E-state index in [0.29, 0.717) is 10.9 Å². The van der Waals surface area contributed by atoms with Crippen molar-refractivity contribution in [1.82, 2.24) is 9.55 Å². The number of ether oxygens (including phenoxy) is 1. The van der Waals surface area contributed by atoms with Gasteiger partial charge in [0.15, 0.2) is 5.72 Å².